The Bertz CT molecular complexity index is 1160. The summed E-state index contributed by atoms with van der Waals surface area (Å²) in [4.78, 5) is 19.9. The molecule has 0 radical (unpaired) electrons. The maximum Gasteiger partial charge on any atom is 0.249 e. The van der Waals surface area contributed by atoms with Gasteiger partial charge in [0.05, 0.1) is 11.7 Å². The van der Waals surface area contributed by atoms with Gasteiger partial charge in [-0.25, -0.2) is 13.8 Å². The topological polar surface area (TPSA) is 73.4 Å². The number of ether oxygens (including phenoxy) is 1. The van der Waals surface area contributed by atoms with Gasteiger partial charge in [-0.2, -0.15) is 0 Å². The Balaban J connectivity index is 2.20. The molecule has 0 aliphatic carbocycles. The van der Waals surface area contributed by atoms with Gasteiger partial charge in [0.1, 0.15) is 24.1 Å². The monoisotopic (exact) mass is 498 g/mol. The molecule has 36 heavy (non-hydrogen) atoms. The van der Waals surface area contributed by atoms with Crippen LogP contribution in [0.4, 0.5) is 8.78 Å². The molecular weight excluding hydrogens is 462 g/mol. The summed E-state index contributed by atoms with van der Waals surface area (Å²) in [5, 5.41) is 0. The van der Waals surface area contributed by atoms with Crippen molar-refractivity contribution in [1.29, 1.82) is 0 Å². The molecule has 0 saturated heterocycles. The average Bonchev–Trinajstić information content (AvgIpc) is 3.20. The molecule has 0 aliphatic rings. The van der Waals surface area contributed by atoms with Crippen molar-refractivity contribution in [2.45, 2.75) is 52.7 Å². The van der Waals surface area contributed by atoms with Crippen LogP contribution in [0.25, 0.3) is 11.3 Å². The van der Waals surface area contributed by atoms with Crippen molar-refractivity contribution in [2.75, 3.05) is 20.3 Å². The second kappa shape index (κ2) is 11.8. The van der Waals surface area contributed by atoms with Crippen molar-refractivity contribution < 1.29 is 18.3 Å². The third kappa shape index (κ3) is 6.77. The first-order valence-electron chi connectivity index (χ1n) is 12.1. The molecule has 3 aromatic rings. The lowest BCUT2D eigenvalue weighted by Gasteiger charge is -2.40. The number of aromatic nitrogens is 2. The fraction of sp³-hybridized carbons (Fsp3) is 0.429. The van der Waals surface area contributed by atoms with E-state index in [1.807, 2.05) is 62.6 Å². The van der Waals surface area contributed by atoms with Gasteiger partial charge in [-0.05, 0) is 42.5 Å². The van der Waals surface area contributed by atoms with Crippen molar-refractivity contribution in [1.82, 2.24) is 14.5 Å². The summed E-state index contributed by atoms with van der Waals surface area (Å²) >= 11 is 0. The van der Waals surface area contributed by atoms with Gasteiger partial charge in [0.2, 0.25) is 5.91 Å². The average molecular weight is 499 g/mol. The van der Waals surface area contributed by atoms with Gasteiger partial charge in [0, 0.05) is 38.0 Å². The summed E-state index contributed by atoms with van der Waals surface area (Å²) in [6.45, 7) is 8.75. The number of hydrogen-bond acceptors (Lipinski definition) is 4. The van der Waals surface area contributed by atoms with Crippen LogP contribution in [0.15, 0.2) is 54.7 Å². The van der Waals surface area contributed by atoms with Crippen LogP contribution in [0.3, 0.4) is 0 Å². The molecule has 0 spiro atoms. The second-order valence-electron chi connectivity index (χ2n) is 10.3. The zero-order chi connectivity index (χ0) is 26.5. The molecule has 1 heterocycles. The number of nitrogens with zero attached hydrogens (tertiary/aromatic N) is 3. The highest BCUT2D eigenvalue weighted by atomic mass is 19.1. The minimum Gasteiger partial charge on any atom is -0.375 e. The summed E-state index contributed by atoms with van der Waals surface area (Å²) in [6, 6.07) is 12.5. The van der Waals surface area contributed by atoms with Crippen LogP contribution in [0.1, 0.15) is 51.5 Å². The van der Waals surface area contributed by atoms with Gasteiger partial charge in [0.25, 0.3) is 0 Å². The first-order chi connectivity index (χ1) is 17.0. The lowest BCUT2D eigenvalue weighted by molar-refractivity contribution is -0.140. The molecule has 6 nitrogen and oxygen atoms in total. The molecule has 1 aromatic heterocycles. The number of methoxy groups -OCH3 is 1. The largest absolute Gasteiger partial charge is 0.375 e. The van der Waals surface area contributed by atoms with E-state index in [1.54, 1.807) is 11.1 Å². The molecular formula is C28H36F2N4O2. The lowest BCUT2D eigenvalue weighted by atomic mass is 9.84. The predicted octanol–water partition coefficient (Wildman–Crippen LogP) is 5.18. The molecule has 0 unspecified atom stereocenters. The lowest BCUT2D eigenvalue weighted by Crippen LogP contribution is -2.45. The fourth-order valence-corrected chi connectivity index (χ4v) is 4.32. The van der Waals surface area contributed by atoms with E-state index in [0.29, 0.717) is 31.0 Å². The molecule has 3 rings (SSSR count). The Morgan fingerprint density at radius 2 is 1.86 bits per heavy atom. The van der Waals surface area contributed by atoms with Crippen molar-refractivity contribution in [3.63, 3.8) is 0 Å². The summed E-state index contributed by atoms with van der Waals surface area (Å²) in [6.07, 6.45) is 2.32. The molecule has 2 aromatic carbocycles. The van der Waals surface area contributed by atoms with Gasteiger partial charge in [-0.1, -0.05) is 51.1 Å². The molecule has 1 amide bonds. The number of rotatable bonds is 10. The van der Waals surface area contributed by atoms with Gasteiger partial charge in [-0.3, -0.25) is 4.79 Å². The number of imidazole rings is 1. The predicted molar refractivity (Wildman–Crippen MR) is 137 cm³/mol. The number of benzene rings is 2. The number of halogens is 2. The number of nitrogens with two attached hydrogens (primary N) is 1. The van der Waals surface area contributed by atoms with Crippen molar-refractivity contribution >= 4 is 5.91 Å². The summed E-state index contributed by atoms with van der Waals surface area (Å²) < 4.78 is 35.9. The third-order valence-corrected chi connectivity index (χ3v) is 6.00. The molecule has 8 heteroatoms. The molecule has 194 valence electrons. The smallest absolute Gasteiger partial charge is 0.249 e. The summed E-state index contributed by atoms with van der Waals surface area (Å²) in [7, 11) is 1.48. The van der Waals surface area contributed by atoms with Crippen LogP contribution in [0.2, 0.25) is 0 Å². The Morgan fingerprint density at radius 1 is 1.17 bits per heavy atom. The minimum atomic E-state index is -0.566. The minimum absolute atomic E-state index is 0.0704. The van der Waals surface area contributed by atoms with Gasteiger partial charge >= 0.3 is 0 Å². The van der Waals surface area contributed by atoms with Crippen LogP contribution < -0.4 is 5.73 Å². The Labute approximate surface area is 212 Å². The molecule has 0 aliphatic heterocycles. The van der Waals surface area contributed by atoms with E-state index in [0.717, 1.165) is 23.8 Å². The first kappa shape index (κ1) is 27.5. The summed E-state index contributed by atoms with van der Waals surface area (Å²) in [5.74, 6) is -0.722. The van der Waals surface area contributed by atoms with Crippen molar-refractivity contribution in [2.24, 2.45) is 11.1 Å². The van der Waals surface area contributed by atoms with Gasteiger partial charge in [-0.15, -0.1) is 0 Å². The maximum absolute atomic E-state index is 14.7. The standard InChI is InChI=1S/C28H36F2N4O2/c1-19(31)13-14-34(25(35)18-36-5)26(28(2,3)4)27-32-24(22-15-21(29)11-12-23(22)30)17-33(27)16-20-9-7-6-8-10-20/h6-12,15,17,19,26H,13-14,16,18,31H2,1-5H3/t19-,26-/m0/s1. The van der Waals surface area contributed by atoms with E-state index in [2.05, 4.69) is 0 Å². The number of amides is 1. The normalized spacial score (nSPS) is 13.4. The van der Waals surface area contributed by atoms with Crippen LogP contribution in [0, 0.1) is 17.0 Å². The zero-order valence-electron chi connectivity index (χ0n) is 21.7. The van der Waals surface area contributed by atoms with Gasteiger partial charge < -0.3 is 19.9 Å². The van der Waals surface area contributed by atoms with Gasteiger partial charge in [0.15, 0.2) is 0 Å². The molecule has 2 atom stereocenters. The quantitative estimate of drug-likeness (QED) is 0.418. The zero-order valence-corrected chi connectivity index (χ0v) is 21.7. The van der Waals surface area contributed by atoms with Crippen molar-refractivity contribution in [3.05, 3.63) is 77.8 Å². The van der Waals surface area contributed by atoms with E-state index in [-0.39, 0.29) is 24.1 Å². The van der Waals surface area contributed by atoms with E-state index in [9.17, 15) is 13.6 Å². The third-order valence-electron chi connectivity index (χ3n) is 6.00. The van der Waals surface area contributed by atoms with Crippen LogP contribution >= 0.6 is 0 Å². The highest BCUT2D eigenvalue weighted by Crippen LogP contribution is 2.39. The SMILES string of the molecule is COCC(=O)N(CC[C@H](C)N)[C@@H](c1nc(-c2cc(F)ccc2F)cn1Cc1ccccc1)C(C)(C)C. The fourth-order valence-electron chi connectivity index (χ4n) is 4.32. The van der Waals surface area contributed by atoms with Crippen LogP contribution in [-0.4, -0.2) is 46.7 Å². The highest BCUT2D eigenvalue weighted by molar-refractivity contribution is 5.78. The number of hydrogen-bond donors (Lipinski definition) is 1. The second-order valence-corrected chi connectivity index (χ2v) is 10.3. The maximum atomic E-state index is 14.7. The first-order valence-corrected chi connectivity index (χ1v) is 12.1. The molecule has 0 bridgehead atoms. The number of carbonyl (C=O) groups is 1. The Kier molecular flexibility index (Phi) is 8.98. The Morgan fingerprint density at radius 3 is 2.47 bits per heavy atom. The van der Waals surface area contributed by atoms with E-state index in [4.69, 9.17) is 15.5 Å². The van der Waals surface area contributed by atoms with Crippen molar-refractivity contribution in [3.8, 4) is 11.3 Å². The molecule has 0 fully saturated rings. The number of carbonyl (C=O) groups excluding carboxylic acids is 1. The molecule has 0 saturated carbocycles. The van der Waals surface area contributed by atoms with E-state index >= 15 is 0 Å². The van der Waals surface area contributed by atoms with E-state index in [1.165, 1.54) is 7.11 Å². The van der Waals surface area contributed by atoms with Crippen LogP contribution in [0.5, 0.6) is 0 Å². The van der Waals surface area contributed by atoms with Crippen LogP contribution in [-0.2, 0) is 16.1 Å². The van der Waals surface area contributed by atoms with E-state index < -0.39 is 23.1 Å². The molecule has 2 N–H and O–H groups in total. The highest BCUT2D eigenvalue weighted by Gasteiger charge is 2.38. The summed E-state index contributed by atoms with van der Waals surface area (Å²) in [5.41, 5.74) is 6.98. The Hall–Kier alpha value is -3.10.